The fourth-order valence-electron chi connectivity index (χ4n) is 2.11. The number of nitrogens with one attached hydrogen (secondary N) is 4. The van der Waals surface area contributed by atoms with Crippen molar-refractivity contribution in [3.05, 3.63) is 35.6 Å². The molecule has 0 aliphatic carbocycles. The van der Waals surface area contributed by atoms with Crippen LogP contribution in [0.15, 0.2) is 24.3 Å². The second-order valence-electron chi connectivity index (χ2n) is 4.55. The maximum Gasteiger partial charge on any atom is 0.239 e. The Hall–Kier alpha value is -1.99. The van der Waals surface area contributed by atoms with Gasteiger partial charge in [-0.15, -0.1) is 0 Å². The van der Waals surface area contributed by atoms with Crippen molar-refractivity contribution < 1.29 is 14.0 Å². The van der Waals surface area contributed by atoms with Crippen molar-refractivity contribution in [2.45, 2.75) is 6.04 Å². The van der Waals surface area contributed by atoms with Crippen LogP contribution in [-0.4, -0.2) is 32.0 Å². The van der Waals surface area contributed by atoms with Crippen molar-refractivity contribution in [3.63, 3.8) is 0 Å². The Bertz CT molecular complexity index is 492. The van der Waals surface area contributed by atoms with Gasteiger partial charge in [-0.1, -0.05) is 12.1 Å². The minimum absolute atomic E-state index is 0.0536. The number of carbonyl (C=O) groups excluding carboxylic acids is 2. The zero-order valence-electron chi connectivity index (χ0n) is 11.1. The summed E-state index contributed by atoms with van der Waals surface area (Å²) in [6.45, 7) is 0.392. The molecule has 1 aromatic carbocycles. The Morgan fingerprint density at radius 3 is 2.70 bits per heavy atom. The van der Waals surface area contributed by atoms with Crippen LogP contribution in [-0.2, 0) is 9.59 Å². The van der Waals surface area contributed by atoms with Gasteiger partial charge < -0.3 is 10.6 Å². The lowest BCUT2D eigenvalue weighted by atomic mass is 9.94. The first-order valence-corrected chi connectivity index (χ1v) is 6.34. The number of benzene rings is 1. The molecule has 0 radical (unpaired) electrons. The Labute approximate surface area is 116 Å². The quantitative estimate of drug-likeness (QED) is 0.597. The van der Waals surface area contributed by atoms with Crippen LogP contribution in [0, 0.1) is 11.7 Å². The molecule has 2 unspecified atom stereocenters. The fourth-order valence-corrected chi connectivity index (χ4v) is 2.11. The van der Waals surface area contributed by atoms with Gasteiger partial charge in [0, 0.05) is 13.6 Å². The molecule has 2 rings (SSSR count). The molecule has 1 heterocycles. The maximum absolute atomic E-state index is 12.9. The van der Waals surface area contributed by atoms with Gasteiger partial charge in [0.05, 0.1) is 18.5 Å². The van der Waals surface area contributed by atoms with Crippen molar-refractivity contribution in [1.82, 2.24) is 21.5 Å². The van der Waals surface area contributed by atoms with Crippen molar-refractivity contribution in [2.24, 2.45) is 5.92 Å². The number of hydrazine groups is 1. The molecule has 1 saturated heterocycles. The SMILES string of the molecule is CNC(=O)CNC(=O)C1CNNC1c1ccc(F)cc1. The zero-order chi connectivity index (χ0) is 14.5. The number of rotatable bonds is 4. The van der Waals surface area contributed by atoms with Crippen LogP contribution in [0.2, 0.25) is 0 Å². The first-order chi connectivity index (χ1) is 9.61. The average molecular weight is 280 g/mol. The van der Waals surface area contributed by atoms with Gasteiger partial charge >= 0.3 is 0 Å². The smallest absolute Gasteiger partial charge is 0.239 e. The molecular weight excluding hydrogens is 263 g/mol. The third-order valence-corrected chi connectivity index (χ3v) is 3.25. The average Bonchev–Trinajstić information content (AvgIpc) is 2.94. The van der Waals surface area contributed by atoms with Gasteiger partial charge in [-0.3, -0.25) is 15.0 Å². The van der Waals surface area contributed by atoms with E-state index in [1.54, 1.807) is 12.1 Å². The van der Waals surface area contributed by atoms with Gasteiger partial charge in [0.1, 0.15) is 5.82 Å². The number of halogens is 1. The summed E-state index contributed by atoms with van der Waals surface area (Å²) in [7, 11) is 1.51. The minimum atomic E-state index is -0.356. The summed E-state index contributed by atoms with van der Waals surface area (Å²) in [5.74, 6) is -1.15. The number of hydrogen-bond donors (Lipinski definition) is 4. The first-order valence-electron chi connectivity index (χ1n) is 6.34. The second kappa shape index (κ2) is 6.44. The molecule has 1 aliphatic rings. The Morgan fingerprint density at radius 2 is 2.05 bits per heavy atom. The third kappa shape index (κ3) is 3.31. The molecule has 1 aliphatic heterocycles. The molecular formula is C13H17FN4O2. The second-order valence-corrected chi connectivity index (χ2v) is 4.55. The predicted molar refractivity (Wildman–Crippen MR) is 70.8 cm³/mol. The third-order valence-electron chi connectivity index (χ3n) is 3.25. The van der Waals surface area contributed by atoms with Crippen LogP contribution in [0.25, 0.3) is 0 Å². The molecule has 0 saturated carbocycles. The highest BCUT2D eigenvalue weighted by atomic mass is 19.1. The van der Waals surface area contributed by atoms with Gasteiger partial charge in [0.2, 0.25) is 11.8 Å². The summed E-state index contributed by atoms with van der Waals surface area (Å²) in [5.41, 5.74) is 6.72. The summed E-state index contributed by atoms with van der Waals surface area (Å²) in [6, 6.07) is 5.74. The Kier molecular flexibility index (Phi) is 4.65. The Morgan fingerprint density at radius 1 is 1.35 bits per heavy atom. The summed E-state index contributed by atoms with van der Waals surface area (Å²) >= 11 is 0. The van der Waals surface area contributed by atoms with E-state index in [9.17, 15) is 14.0 Å². The van der Waals surface area contributed by atoms with Gasteiger partial charge in [-0.25, -0.2) is 9.82 Å². The Balaban J connectivity index is 2.01. The highest BCUT2D eigenvalue weighted by Crippen LogP contribution is 2.25. The van der Waals surface area contributed by atoms with Crippen molar-refractivity contribution in [1.29, 1.82) is 0 Å². The topological polar surface area (TPSA) is 82.3 Å². The van der Waals surface area contributed by atoms with E-state index in [4.69, 9.17) is 0 Å². The number of hydrogen-bond acceptors (Lipinski definition) is 4. The molecule has 108 valence electrons. The number of amides is 2. The minimum Gasteiger partial charge on any atom is -0.358 e. The van der Waals surface area contributed by atoms with E-state index in [-0.39, 0.29) is 36.1 Å². The predicted octanol–water partition coefficient (Wildman–Crippen LogP) is -0.547. The number of likely N-dealkylation sites (N-methyl/N-ethyl adjacent to an activating group) is 1. The molecule has 0 bridgehead atoms. The molecule has 0 spiro atoms. The van der Waals surface area contributed by atoms with E-state index in [0.29, 0.717) is 6.54 Å². The molecule has 4 N–H and O–H groups in total. The van der Waals surface area contributed by atoms with Crippen LogP contribution in [0.5, 0.6) is 0 Å². The van der Waals surface area contributed by atoms with Crippen LogP contribution >= 0.6 is 0 Å². The normalized spacial score (nSPS) is 21.5. The standard InChI is InChI=1S/C13H17FN4O2/c1-15-11(19)7-16-13(20)10-6-17-18-12(10)8-2-4-9(14)5-3-8/h2-5,10,12,17-18H,6-7H2,1H3,(H,15,19)(H,16,20). The van der Waals surface area contributed by atoms with E-state index in [0.717, 1.165) is 5.56 Å². The molecule has 2 amide bonds. The van der Waals surface area contributed by atoms with E-state index in [1.807, 2.05) is 0 Å². The highest BCUT2D eigenvalue weighted by Gasteiger charge is 2.33. The van der Waals surface area contributed by atoms with Gasteiger partial charge in [-0.2, -0.15) is 0 Å². The van der Waals surface area contributed by atoms with Crippen molar-refractivity contribution in [2.75, 3.05) is 20.1 Å². The first kappa shape index (κ1) is 14.4. The van der Waals surface area contributed by atoms with E-state index in [2.05, 4.69) is 21.5 Å². The lowest BCUT2D eigenvalue weighted by Gasteiger charge is -2.18. The molecule has 1 aromatic rings. The fraction of sp³-hybridized carbons (Fsp3) is 0.385. The van der Waals surface area contributed by atoms with Gasteiger partial charge in [0.25, 0.3) is 0 Å². The molecule has 7 heteroatoms. The largest absolute Gasteiger partial charge is 0.358 e. The van der Waals surface area contributed by atoms with E-state index in [1.165, 1.54) is 19.2 Å². The zero-order valence-corrected chi connectivity index (χ0v) is 11.1. The van der Waals surface area contributed by atoms with Crippen LogP contribution in [0.4, 0.5) is 4.39 Å². The molecule has 20 heavy (non-hydrogen) atoms. The van der Waals surface area contributed by atoms with Crippen molar-refractivity contribution in [3.8, 4) is 0 Å². The van der Waals surface area contributed by atoms with E-state index >= 15 is 0 Å². The molecule has 0 aromatic heterocycles. The van der Waals surface area contributed by atoms with E-state index < -0.39 is 0 Å². The molecule has 2 atom stereocenters. The highest BCUT2D eigenvalue weighted by molar-refractivity contribution is 5.86. The summed E-state index contributed by atoms with van der Waals surface area (Å²) in [4.78, 5) is 23.2. The summed E-state index contributed by atoms with van der Waals surface area (Å²) in [6.07, 6.45) is 0. The number of carbonyl (C=O) groups is 2. The van der Waals surface area contributed by atoms with Gasteiger partial charge in [0.15, 0.2) is 0 Å². The lowest BCUT2D eigenvalue weighted by molar-refractivity contribution is -0.128. The van der Waals surface area contributed by atoms with Crippen LogP contribution in [0.3, 0.4) is 0 Å². The summed E-state index contributed by atoms with van der Waals surface area (Å²) in [5, 5.41) is 5.01. The summed E-state index contributed by atoms with van der Waals surface area (Å²) < 4.78 is 12.9. The molecule has 1 fully saturated rings. The van der Waals surface area contributed by atoms with Gasteiger partial charge in [-0.05, 0) is 17.7 Å². The van der Waals surface area contributed by atoms with Crippen LogP contribution < -0.4 is 21.5 Å². The lowest BCUT2D eigenvalue weighted by Crippen LogP contribution is -2.40. The monoisotopic (exact) mass is 280 g/mol. The van der Waals surface area contributed by atoms with Crippen molar-refractivity contribution >= 4 is 11.8 Å². The van der Waals surface area contributed by atoms with Crippen LogP contribution in [0.1, 0.15) is 11.6 Å². The maximum atomic E-state index is 12.9. The molecule has 6 nitrogen and oxygen atoms in total.